The van der Waals surface area contributed by atoms with E-state index < -0.39 is 30.8 Å². The van der Waals surface area contributed by atoms with Crippen molar-refractivity contribution in [3.63, 3.8) is 0 Å². The molecule has 1 aromatic heterocycles. The number of hydrogen-bond donors (Lipinski definition) is 1. The van der Waals surface area contributed by atoms with Gasteiger partial charge in [0.1, 0.15) is 24.5 Å². The van der Waals surface area contributed by atoms with Crippen LogP contribution in [-0.2, 0) is 4.79 Å². The van der Waals surface area contributed by atoms with Crippen molar-refractivity contribution in [2.45, 2.75) is 24.7 Å². The van der Waals surface area contributed by atoms with Crippen molar-refractivity contribution in [1.29, 1.82) is 0 Å². The van der Waals surface area contributed by atoms with Crippen LogP contribution in [0.5, 0.6) is 0 Å². The molecule has 2 aromatic rings. The lowest BCUT2D eigenvalue weighted by Crippen LogP contribution is -2.36. The fraction of sp³-hybridized carbons (Fsp3) is 0.375. The number of imidazole rings is 1. The van der Waals surface area contributed by atoms with E-state index >= 15 is 0 Å². The van der Waals surface area contributed by atoms with Crippen molar-refractivity contribution in [2.75, 3.05) is 13.1 Å². The molecule has 1 amide bonds. The Morgan fingerprint density at radius 2 is 2.00 bits per heavy atom. The lowest BCUT2D eigenvalue weighted by Gasteiger charge is -2.20. The van der Waals surface area contributed by atoms with E-state index in [0.29, 0.717) is 5.56 Å². The summed E-state index contributed by atoms with van der Waals surface area (Å²) in [6.07, 6.45) is -2.28. The Morgan fingerprint density at radius 1 is 1.29 bits per heavy atom. The van der Waals surface area contributed by atoms with Crippen LogP contribution in [0.25, 0.3) is 0 Å². The number of likely N-dealkylation sites (tertiary alicyclic amines) is 1. The first kappa shape index (κ1) is 16.5. The van der Waals surface area contributed by atoms with Crippen molar-refractivity contribution in [3.8, 4) is 0 Å². The second kappa shape index (κ2) is 6.27. The molecule has 128 valence electrons. The Labute approximate surface area is 136 Å². The highest BCUT2D eigenvalue weighted by Crippen LogP contribution is 2.30. The van der Waals surface area contributed by atoms with Gasteiger partial charge in [-0.15, -0.1) is 0 Å². The van der Waals surface area contributed by atoms with E-state index in [9.17, 15) is 23.1 Å². The first-order chi connectivity index (χ1) is 11.4. The largest absolute Gasteiger partial charge is 0.406 e. The van der Waals surface area contributed by atoms with Crippen LogP contribution in [0.4, 0.5) is 13.2 Å². The summed E-state index contributed by atoms with van der Waals surface area (Å²) < 4.78 is 39.0. The molecule has 0 unspecified atom stereocenters. The number of aliphatic hydroxyl groups is 1. The first-order valence-electron chi connectivity index (χ1n) is 7.48. The van der Waals surface area contributed by atoms with Crippen molar-refractivity contribution in [2.24, 2.45) is 0 Å². The number of benzene rings is 1. The van der Waals surface area contributed by atoms with Gasteiger partial charge in [-0.1, -0.05) is 30.3 Å². The van der Waals surface area contributed by atoms with Gasteiger partial charge in [-0.25, -0.2) is 4.98 Å². The third-order valence-electron chi connectivity index (χ3n) is 4.03. The summed E-state index contributed by atoms with van der Waals surface area (Å²) in [6.45, 7) is -1.23. The topological polar surface area (TPSA) is 58.4 Å². The van der Waals surface area contributed by atoms with E-state index in [1.165, 1.54) is 17.0 Å². The molecule has 1 fully saturated rings. The Hall–Kier alpha value is -2.35. The van der Waals surface area contributed by atoms with Crippen molar-refractivity contribution < 1.29 is 23.1 Å². The maximum atomic E-state index is 12.5. The maximum absolute atomic E-state index is 12.5. The number of carbonyl (C=O) groups excluding carboxylic acids is 1. The first-order valence-corrected chi connectivity index (χ1v) is 7.48. The lowest BCUT2D eigenvalue weighted by molar-refractivity contribution is -0.158. The SMILES string of the molecule is O=C1[C@H](n2ccnc2[C@@H](O)c2ccccc2)CCN1CC(F)(F)F. The van der Waals surface area contributed by atoms with Crippen LogP contribution in [0.3, 0.4) is 0 Å². The average molecular weight is 339 g/mol. The predicted molar refractivity (Wildman–Crippen MR) is 79.0 cm³/mol. The van der Waals surface area contributed by atoms with Gasteiger partial charge in [0.2, 0.25) is 5.91 Å². The fourth-order valence-corrected chi connectivity index (χ4v) is 2.94. The van der Waals surface area contributed by atoms with Crippen LogP contribution in [0.15, 0.2) is 42.7 Å². The standard InChI is InChI=1S/C16H16F3N3O2/c17-16(18,19)10-21-8-6-12(15(21)24)22-9-7-20-14(22)13(23)11-4-2-1-3-5-11/h1-5,7,9,12-13,23H,6,8,10H2/t12-,13+/m1/s1. The molecule has 3 rings (SSSR count). The molecule has 1 N–H and O–H groups in total. The molecule has 0 spiro atoms. The van der Waals surface area contributed by atoms with Crippen LogP contribution in [-0.4, -0.2) is 44.7 Å². The summed E-state index contributed by atoms with van der Waals surface area (Å²) in [7, 11) is 0. The minimum atomic E-state index is -4.42. The molecule has 8 heteroatoms. The van der Waals surface area contributed by atoms with Gasteiger partial charge in [0.05, 0.1) is 0 Å². The normalized spacial score (nSPS) is 19.8. The number of amides is 1. The zero-order chi connectivity index (χ0) is 17.3. The lowest BCUT2D eigenvalue weighted by atomic mass is 10.1. The Kier molecular flexibility index (Phi) is 4.31. The van der Waals surface area contributed by atoms with Gasteiger partial charge < -0.3 is 14.6 Å². The van der Waals surface area contributed by atoms with Crippen molar-refractivity contribution >= 4 is 5.91 Å². The van der Waals surface area contributed by atoms with Crippen LogP contribution in [0.2, 0.25) is 0 Å². The predicted octanol–water partition coefficient (Wildman–Crippen LogP) is 2.30. The highest BCUT2D eigenvalue weighted by Gasteiger charge is 2.40. The van der Waals surface area contributed by atoms with E-state index in [1.54, 1.807) is 30.3 Å². The molecule has 1 aliphatic rings. The molecule has 1 aliphatic heterocycles. The molecule has 0 aliphatic carbocycles. The molecular weight excluding hydrogens is 323 g/mol. The van der Waals surface area contributed by atoms with E-state index in [2.05, 4.69) is 4.98 Å². The van der Waals surface area contributed by atoms with Crippen LogP contribution in [0, 0.1) is 0 Å². The maximum Gasteiger partial charge on any atom is 0.406 e. The number of alkyl halides is 3. The molecule has 0 saturated carbocycles. The van der Waals surface area contributed by atoms with E-state index in [0.717, 1.165) is 4.90 Å². The third kappa shape index (κ3) is 3.28. The summed E-state index contributed by atoms with van der Waals surface area (Å²) in [4.78, 5) is 17.2. The van der Waals surface area contributed by atoms with Gasteiger partial charge in [-0.3, -0.25) is 4.79 Å². The summed E-state index contributed by atoms with van der Waals surface area (Å²) in [5.74, 6) is -0.361. The Morgan fingerprint density at radius 3 is 2.67 bits per heavy atom. The highest BCUT2D eigenvalue weighted by atomic mass is 19.4. The quantitative estimate of drug-likeness (QED) is 0.930. The number of halogens is 3. The zero-order valence-electron chi connectivity index (χ0n) is 12.6. The van der Waals surface area contributed by atoms with Gasteiger partial charge in [-0.05, 0) is 12.0 Å². The molecule has 1 saturated heterocycles. The Balaban J connectivity index is 1.82. The van der Waals surface area contributed by atoms with E-state index in [4.69, 9.17) is 0 Å². The monoisotopic (exact) mass is 339 g/mol. The Bertz CT molecular complexity index is 715. The van der Waals surface area contributed by atoms with Crippen LogP contribution < -0.4 is 0 Å². The summed E-state index contributed by atoms with van der Waals surface area (Å²) in [5, 5.41) is 10.5. The van der Waals surface area contributed by atoms with Crippen LogP contribution in [0.1, 0.15) is 30.0 Å². The number of nitrogens with zero attached hydrogens (tertiary/aromatic N) is 3. The van der Waals surface area contributed by atoms with Crippen LogP contribution >= 0.6 is 0 Å². The number of aliphatic hydroxyl groups excluding tert-OH is 1. The van der Waals surface area contributed by atoms with Gasteiger partial charge in [-0.2, -0.15) is 13.2 Å². The molecule has 2 atom stereocenters. The molecule has 0 radical (unpaired) electrons. The summed E-state index contributed by atoms with van der Waals surface area (Å²) in [5.41, 5.74) is 0.600. The number of hydrogen-bond acceptors (Lipinski definition) is 3. The summed E-state index contributed by atoms with van der Waals surface area (Å²) in [6, 6.07) is 7.99. The molecule has 1 aromatic carbocycles. The third-order valence-corrected chi connectivity index (χ3v) is 4.03. The number of aromatic nitrogens is 2. The molecule has 0 bridgehead atoms. The van der Waals surface area contributed by atoms with E-state index in [-0.39, 0.29) is 18.8 Å². The average Bonchev–Trinajstić information content (AvgIpc) is 3.14. The molecule has 5 nitrogen and oxygen atoms in total. The zero-order valence-corrected chi connectivity index (χ0v) is 12.6. The van der Waals surface area contributed by atoms with Gasteiger partial charge in [0.25, 0.3) is 0 Å². The fourth-order valence-electron chi connectivity index (χ4n) is 2.94. The molecule has 2 heterocycles. The van der Waals surface area contributed by atoms with Gasteiger partial charge in [0, 0.05) is 18.9 Å². The van der Waals surface area contributed by atoms with Crippen molar-refractivity contribution in [3.05, 3.63) is 54.1 Å². The van der Waals surface area contributed by atoms with Crippen molar-refractivity contribution in [1.82, 2.24) is 14.5 Å². The second-order valence-corrected chi connectivity index (χ2v) is 5.69. The van der Waals surface area contributed by atoms with E-state index in [1.807, 2.05) is 0 Å². The molecular formula is C16H16F3N3O2. The van der Waals surface area contributed by atoms with Gasteiger partial charge >= 0.3 is 6.18 Å². The molecule has 24 heavy (non-hydrogen) atoms. The number of carbonyl (C=O) groups is 1. The smallest absolute Gasteiger partial charge is 0.380 e. The second-order valence-electron chi connectivity index (χ2n) is 5.69. The van der Waals surface area contributed by atoms with Gasteiger partial charge in [0.15, 0.2) is 0 Å². The highest BCUT2D eigenvalue weighted by molar-refractivity contribution is 5.82. The minimum Gasteiger partial charge on any atom is -0.380 e. The number of rotatable bonds is 4. The summed E-state index contributed by atoms with van der Waals surface area (Å²) >= 11 is 0. The minimum absolute atomic E-state index is 0.0298.